The minimum Gasteiger partial charge on any atom is -0.479 e. The van der Waals surface area contributed by atoms with Crippen molar-refractivity contribution in [3.05, 3.63) is 191 Å². The van der Waals surface area contributed by atoms with E-state index >= 15 is 0 Å². The van der Waals surface area contributed by atoms with E-state index in [9.17, 15) is 19.5 Å². The quantitative estimate of drug-likeness (QED) is 0.0658. The number of pyridine rings is 3. The largest absolute Gasteiger partial charge is 0.479 e. The number of aromatic nitrogens is 10. The van der Waals surface area contributed by atoms with Gasteiger partial charge in [-0.05, 0) is 194 Å². The number of fused-ring (bicyclic) bond motifs is 3. The molecule has 0 amide bonds. The third-order valence-corrected chi connectivity index (χ3v) is 17.8. The zero-order valence-corrected chi connectivity index (χ0v) is 66.1. The van der Waals surface area contributed by atoms with Crippen molar-refractivity contribution in [3.63, 3.8) is 0 Å². The van der Waals surface area contributed by atoms with Crippen molar-refractivity contribution in [3.8, 4) is 33.4 Å². The number of halogens is 3. The number of methoxy groups -OCH3 is 2. The van der Waals surface area contributed by atoms with E-state index in [0.29, 0.717) is 61.9 Å². The fraction of sp³-hybridized carbons (Fsp3) is 0.368. The molecule has 3 atom stereocenters. The molecule has 0 saturated carbocycles. The second kappa shape index (κ2) is 33.2. The molecule has 19 nitrogen and oxygen atoms in total. The second-order valence-electron chi connectivity index (χ2n) is 27.5. The molecule has 540 valence electrons. The number of nitrogens with one attached hydrogen (secondary N) is 3. The number of esters is 2. The number of carbonyl (C=O) groups excluding carboxylic acids is 2. The first-order valence-corrected chi connectivity index (χ1v) is 33.3. The Balaban J connectivity index is 0.000000236. The van der Waals surface area contributed by atoms with Gasteiger partial charge in [-0.2, -0.15) is 50.7 Å². The van der Waals surface area contributed by atoms with Crippen LogP contribution in [0.5, 0.6) is 0 Å². The van der Waals surface area contributed by atoms with Crippen LogP contribution in [-0.4, -0.2) is 104 Å². The van der Waals surface area contributed by atoms with Gasteiger partial charge in [-0.1, -0.05) is 71.2 Å². The van der Waals surface area contributed by atoms with Gasteiger partial charge in [0.2, 0.25) is 0 Å². The van der Waals surface area contributed by atoms with Gasteiger partial charge in [-0.25, -0.2) is 29.3 Å². The summed E-state index contributed by atoms with van der Waals surface area (Å²) in [4.78, 5) is 56.4. The summed E-state index contributed by atoms with van der Waals surface area (Å²) in [5.74, 6) is -1.97. The number of rotatable bonds is 16. The van der Waals surface area contributed by atoms with E-state index < -0.39 is 53.0 Å². The number of aryl methyl sites for hydroxylation is 7. The maximum Gasteiger partial charge on any atom is 0.339 e. The molecule has 4 N–H and O–H groups in total. The van der Waals surface area contributed by atoms with Gasteiger partial charge < -0.3 is 42.9 Å². The van der Waals surface area contributed by atoms with Crippen LogP contribution in [0.3, 0.4) is 0 Å². The van der Waals surface area contributed by atoms with Crippen LogP contribution < -0.4 is 0 Å². The third-order valence-electron chi connectivity index (χ3n) is 17.1. The highest BCUT2D eigenvalue weighted by atomic mass is 35.5. The van der Waals surface area contributed by atoms with Gasteiger partial charge in [-0.15, -0.1) is 0 Å². The highest BCUT2D eigenvalue weighted by Crippen LogP contribution is 2.46. The Labute approximate surface area is 626 Å². The predicted molar refractivity (Wildman–Crippen MR) is 418 cm³/mol. The lowest BCUT2D eigenvalue weighted by Crippen LogP contribution is -2.29. The van der Waals surface area contributed by atoms with E-state index in [1.807, 2.05) is 195 Å². The number of hydrogen-bond acceptors (Lipinski definition) is 13. The molecule has 0 aliphatic rings. The van der Waals surface area contributed by atoms with Gasteiger partial charge in [0.15, 0.2) is 18.3 Å². The number of H-pyrrole nitrogens is 3. The Morgan fingerprint density at radius 1 is 0.475 bits per heavy atom. The van der Waals surface area contributed by atoms with Crippen molar-refractivity contribution in [2.45, 2.75) is 173 Å². The fourth-order valence-electron chi connectivity index (χ4n) is 12.4. The average Bonchev–Trinajstić information content (AvgIpc) is 1.64. The number of ether oxygens (including phenoxy) is 5. The predicted octanol–water partition coefficient (Wildman–Crippen LogP) is 18.3. The lowest BCUT2D eigenvalue weighted by atomic mass is 9.91. The molecular formula is C76H93Cl3N10O9S3. The molecule has 11 rings (SSSR count). The molecule has 0 radical (unpaired) electrons. The lowest BCUT2D eigenvalue weighted by molar-refractivity contribution is -0.164. The molecule has 101 heavy (non-hydrogen) atoms. The number of nitrogens with zero attached hydrogens (tertiary/aromatic N) is 7. The third kappa shape index (κ3) is 18.2. The standard InChI is InChI=1S/C27H31ClN4O3.C26H29ClN4O3.C23H27ClN2O3.3H2S/c1-15-17(3)32(14-18-12-29-30-13-18)25-21(15)23(19-8-10-20(28)11-9-19)22(16(2)31-25)24(26(33)34-7)35-27(4,5)6;1-14-16(3)31(13-17-11-28-29-12-17)24-20(14)22(18-7-9-19(27)10-8-18)21(15(2)30-24)23(25(32)33)34-26(4,5)6;1-12-13(2)25-21-17(12)19(15-8-10-16(24)11-9-15)18(14(3)26-21)20(22(27)28-7)29-23(4,5)6;;;/h8-13,24H,14H2,1-7H3,(H,29,30);7-12,23H,13H2,1-6H3,(H,28,29)(H,32,33);8-11,20H,1-7H3,(H,25,26);3*1H2/t24-;23-;20-;;;/m000.../s1. The molecule has 0 bridgehead atoms. The molecule has 0 saturated heterocycles. The highest BCUT2D eigenvalue weighted by Gasteiger charge is 2.38. The zero-order valence-electron chi connectivity index (χ0n) is 60.9. The number of carboxylic acids is 1. The molecule has 0 spiro atoms. The van der Waals surface area contributed by atoms with E-state index in [1.54, 1.807) is 6.20 Å². The normalized spacial score (nSPS) is 12.5. The van der Waals surface area contributed by atoms with Crippen LogP contribution in [0, 0.1) is 62.3 Å². The van der Waals surface area contributed by atoms with E-state index in [2.05, 4.69) is 55.3 Å². The van der Waals surface area contributed by atoms with Gasteiger partial charge in [0, 0.05) is 122 Å². The van der Waals surface area contributed by atoms with Crippen molar-refractivity contribution >= 4 is 126 Å². The maximum absolute atomic E-state index is 13.1. The summed E-state index contributed by atoms with van der Waals surface area (Å²) in [5.41, 5.74) is 18.4. The summed E-state index contributed by atoms with van der Waals surface area (Å²) in [5, 5.41) is 28.8. The van der Waals surface area contributed by atoms with E-state index in [1.165, 1.54) is 14.2 Å². The van der Waals surface area contributed by atoms with E-state index in [4.69, 9.17) is 73.4 Å². The summed E-state index contributed by atoms with van der Waals surface area (Å²) in [6.45, 7) is 36.3. The van der Waals surface area contributed by atoms with Crippen LogP contribution in [0.4, 0.5) is 0 Å². The molecule has 25 heteroatoms. The van der Waals surface area contributed by atoms with Crippen molar-refractivity contribution in [1.82, 2.24) is 49.5 Å². The average molecular weight is 1490 g/mol. The van der Waals surface area contributed by atoms with Crippen molar-refractivity contribution < 1.29 is 43.2 Å². The van der Waals surface area contributed by atoms with Crippen molar-refractivity contribution in [2.75, 3.05) is 14.2 Å². The van der Waals surface area contributed by atoms with E-state index in [-0.39, 0.29) is 40.5 Å². The number of aromatic amines is 3. The molecule has 0 fully saturated rings. The molecule has 8 aromatic heterocycles. The summed E-state index contributed by atoms with van der Waals surface area (Å²) in [6, 6.07) is 22.7. The van der Waals surface area contributed by atoms with Crippen LogP contribution in [0.25, 0.3) is 66.5 Å². The van der Waals surface area contributed by atoms with Crippen LogP contribution in [-0.2, 0) is 51.2 Å². The molecule has 11 aromatic rings. The first-order chi connectivity index (χ1) is 46.0. The molecule has 3 aromatic carbocycles. The first-order valence-electron chi connectivity index (χ1n) is 32.2. The van der Waals surface area contributed by atoms with Crippen LogP contribution >= 0.6 is 75.3 Å². The Hall–Kier alpha value is -7.64. The lowest BCUT2D eigenvalue weighted by Gasteiger charge is -2.28. The topological polar surface area (TPSA) is 239 Å². The summed E-state index contributed by atoms with van der Waals surface area (Å²) >= 11 is 18.5. The van der Waals surface area contributed by atoms with Gasteiger partial charge in [0.25, 0.3) is 0 Å². The molecular weight excluding hydrogens is 1400 g/mol. The van der Waals surface area contributed by atoms with Crippen LogP contribution in [0.15, 0.2) is 97.6 Å². The second-order valence-corrected chi connectivity index (χ2v) is 28.8. The number of carbonyl (C=O) groups is 3. The van der Waals surface area contributed by atoms with Gasteiger partial charge in [0.1, 0.15) is 16.9 Å². The summed E-state index contributed by atoms with van der Waals surface area (Å²) < 4.78 is 33.2. The zero-order chi connectivity index (χ0) is 71.8. The molecule has 0 aliphatic carbocycles. The minimum absolute atomic E-state index is 0. The summed E-state index contributed by atoms with van der Waals surface area (Å²) in [6.07, 6.45) is 4.31. The highest BCUT2D eigenvalue weighted by molar-refractivity contribution is 7.59. The minimum atomic E-state index is -1.18. The molecule has 8 heterocycles. The number of hydrogen-bond donors (Lipinski definition) is 4. The first kappa shape index (κ1) is 82.3. The Bertz CT molecular complexity index is 4750. The Kier molecular flexibility index (Phi) is 27.1. The number of benzene rings is 3. The number of carboxylic acid groups (broad SMARTS) is 1. The maximum atomic E-state index is 13.1. The summed E-state index contributed by atoms with van der Waals surface area (Å²) in [7, 11) is 2.75. The van der Waals surface area contributed by atoms with Crippen LogP contribution in [0.2, 0.25) is 15.1 Å². The molecule has 0 aliphatic heterocycles. The fourth-order valence-corrected chi connectivity index (χ4v) is 12.7. The molecule has 0 unspecified atom stereocenters. The van der Waals surface area contributed by atoms with Gasteiger partial charge in [0.05, 0.1) is 56.5 Å². The Morgan fingerprint density at radius 2 is 0.792 bits per heavy atom. The van der Waals surface area contributed by atoms with Crippen molar-refractivity contribution in [1.29, 1.82) is 0 Å². The smallest absolute Gasteiger partial charge is 0.339 e. The monoisotopic (exact) mass is 1490 g/mol. The number of aliphatic carboxylic acids is 1. The van der Waals surface area contributed by atoms with Crippen molar-refractivity contribution in [2.24, 2.45) is 0 Å². The Morgan fingerprint density at radius 3 is 1.10 bits per heavy atom. The van der Waals surface area contributed by atoms with Crippen LogP contribution in [0.1, 0.15) is 159 Å². The SMILES string of the molecule is COC(=O)[C@@H](OC(C)(C)C)c1c(C)nc2[nH]c(C)c(C)c2c1-c1ccc(Cl)cc1.COC(=O)[C@@H](OC(C)(C)C)c1c(C)nc2c(c(C)c(C)n2Cc2cn[nH]c2)c1-c1ccc(Cl)cc1.Cc1nc2c(c(C)c(C)n2Cc2cn[nH]c2)c(-c2ccc(Cl)cc2)c1[C@H](OC(C)(C)C)C(=O)O.S.S.S. The van der Waals surface area contributed by atoms with Gasteiger partial charge in [-0.3, -0.25) is 10.2 Å². The van der Waals surface area contributed by atoms with Gasteiger partial charge >= 0.3 is 17.9 Å². The van der Waals surface area contributed by atoms with E-state index in [0.717, 1.165) is 111 Å².